The van der Waals surface area contributed by atoms with Gasteiger partial charge >= 0.3 is 5.97 Å². The van der Waals surface area contributed by atoms with E-state index < -0.39 is 5.97 Å². The summed E-state index contributed by atoms with van der Waals surface area (Å²) >= 11 is 0. The Kier molecular flexibility index (Phi) is 5.72. The highest BCUT2D eigenvalue weighted by Gasteiger charge is 2.10. The molecular weight excluding hydrogens is 154 g/mol. The van der Waals surface area contributed by atoms with Crippen LogP contribution in [0.2, 0.25) is 0 Å². The third-order valence-corrected chi connectivity index (χ3v) is 1.86. The van der Waals surface area contributed by atoms with Crippen molar-refractivity contribution in [3.63, 3.8) is 0 Å². The van der Waals surface area contributed by atoms with Gasteiger partial charge in [-0.3, -0.25) is 4.79 Å². The number of carboxylic acids is 1. The van der Waals surface area contributed by atoms with Crippen LogP contribution in [0.15, 0.2) is 0 Å². The quantitative estimate of drug-likeness (QED) is 0.639. The standard InChI is InChI=1S/C9H19NO2/c1-4-8(5-9(11)12)6-10-7(2)3/h7-8,10H,4-6H2,1-3H3,(H,11,12). The van der Waals surface area contributed by atoms with Gasteiger partial charge in [-0.2, -0.15) is 0 Å². The molecule has 0 radical (unpaired) electrons. The molecule has 3 nitrogen and oxygen atoms in total. The summed E-state index contributed by atoms with van der Waals surface area (Å²) in [7, 11) is 0. The molecule has 0 bridgehead atoms. The fourth-order valence-electron chi connectivity index (χ4n) is 1.01. The predicted molar refractivity (Wildman–Crippen MR) is 49.2 cm³/mol. The SMILES string of the molecule is CCC(CNC(C)C)CC(=O)O. The molecule has 72 valence electrons. The van der Waals surface area contributed by atoms with E-state index in [1.165, 1.54) is 0 Å². The molecule has 0 saturated heterocycles. The highest BCUT2D eigenvalue weighted by atomic mass is 16.4. The summed E-state index contributed by atoms with van der Waals surface area (Å²) in [6, 6.07) is 0.438. The molecule has 0 fully saturated rings. The van der Waals surface area contributed by atoms with Crippen LogP contribution in [0, 0.1) is 5.92 Å². The Morgan fingerprint density at radius 2 is 2.08 bits per heavy atom. The van der Waals surface area contributed by atoms with E-state index in [0.29, 0.717) is 6.04 Å². The van der Waals surface area contributed by atoms with Gasteiger partial charge in [-0.1, -0.05) is 27.2 Å². The second kappa shape index (κ2) is 6.00. The number of nitrogens with one attached hydrogen (secondary N) is 1. The zero-order valence-corrected chi connectivity index (χ0v) is 8.13. The Morgan fingerprint density at radius 3 is 2.42 bits per heavy atom. The first-order chi connectivity index (χ1) is 5.56. The highest BCUT2D eigenvalue weighted by molar-refractivity contribution is 5.67. The van der Waals surface area contributed by atoms with E-state index in [1.54, 1.807) is 0 Å². The van der Waals surface area contributed by atoms with E-state index in [1.807, 2.05) is 6.92 Å². The summed E-state index contributed by atoms with van der Waals surface area (Å²) < 4.78 is 0. The summed E-state index contributed by atoms with van der Waals surface area (Å²) in [6.07, 6.45) is 1.20. The zero-order chi connectivity index (χ0) is 9.56. The van der Waals surface area contributed by atoms with Gasteiger partial charge in [0.2, 0.25) is 0 Å². The number of hydrogen-bond donors (Lipinski definition) is 2. The molecule has 0 spiro atoms. The number of hydrogen-bond acceptors (Lipinski definition) is 2. The second-order valence-corrected chi connectivity index (χ2v) is 3.44. The topological polar surface area (TPSA) is 49.3 Å². The minimum atomic E-state index is -0.701. The van der Waals surface area contributed by atoms with E-state index >= 15 is 0 Å². The first-order valence-electron chi connectivity index (χ1n) is 4.51. The molecule has 0 amide bonds. The zero-order valence-electron chi connectivity index (χ0n) is 8.13. The van der Waals surface area contributed by atoms with Gasteiger partial charge < -0.3 is 10.4 Å². The molecular formula is C9H19NO2. The Labute approximate surface area is 74.2 Å². The summed E-state index contributed by atoms with van der Waals surface area (Å²) in [4.78, 5) is 10.4. The molecule has 0 saturated carbocycles. The lowest BCUT2D eigenvalue weighted by molar-refractivity contribution is -0.138. The van der Waals surface area contributed by atoms with Crippen LogP contribution in [0.1, 0.15) is 33.6 Å². The van der Waals surface area contributed by atoms with Gasteiger partial charge in [0.1, 0.15) is 0 Å². The van der Waals surface area contributed by atoms with Crippen molar-refractivity contribution in [2.75, 3.05) is 6.54 Å². The normalized spacial score (nSPS) is 13.3. The van der Waals surface area contributed by atoms with Gasteiger partial charge in [0.15, 0.2) is 0 Å². The molecule has 0 aliphatic carbocycles. The monoisotopic (exact) mass is 173 g/mol. The van der Waals surface area contributed by atoms with E-state index in [-0.39, 0.29) is 12.3 Å². The molecule has 1 atom stereocenters. The van der Waals surface area contributed by atoms with Crippen molar-refractivity contribution in [3.05, 3.63) is 0 Å². The van der Waals surface area contributed by atoms with Crippen molar-refractivity contribution in [1.29, 1.82) is 0 Å². The van der Waals surface area contributed by atoms with Gasteiger partial charge in [-0.05, 0) is 12.5 Å². The fraction of sp³-hybridized carbons (Fsp3) is 0.889. The summed E-state index contributed by atoms with van der Waals surface area (Å²) in [6.45, 7) is 6.96. The molecule has 0 aromatic heterocycles. The lowest BCUT2D eigenvalue weighted by Gasteiger charge is -2.15. The van der Waals surface area contributed by atoms with E-state index in [0.717, 1.165) is 13.0 Å². The van der Waals surface area contributed by atoms with Crippen molar-refractivity contribution in [2.45, 2.75) is 39.7 Å². The van der Waals surface area contributed by atoms with Crippen LogP contribution in [0.25, 0.3) is 0 Å². The first-order valence-corrected chi connectivity index (χ1v) is 4.51. The van der Waals surface area contributed by atoms with Crippen LogP contribution in [0.3, 0.4) is 0 Å². The minimum absolute atomic E-state index is 0.268. The molecule has 2 N–H and O–H groups in total. The molecule has 0 heterocycles. The molecule has 0 aliphatic heterocycles. The maximum atomic E-state index is 10.4. The Morgan fingerprint density at radius 1 is 1.50 bits per heavy atom. The van der Waals surface area contributed by atoms with Crippen LogP contribution in [0.5, 0.6) is 0 Å². The van der Waals surface area contributed by atoms with E-state index in [9.17, 15) is 4.79 Å². The van der Waals surface area contributed by atoms with Gasteiger partial charge in [-0.25, -0.2) is 0 Å². The van der Waals surface area contributed by atoms with Crippen molar-refractivity contribution in [3.8, 4) is 0 Å². The smallest absolute Gasteiger partial charge is 0.303 e. The van der Waals surface area contributed by atoms with Gasteiger partial charge in [-0.15, -0.1) is 0 Å². The van der Waals surface area contributed by atoms with Gasteiger partial charge in [0.25, 0.3) is 0 Å². The lowest BCUT2D eigenvalue weighted by atomic mass is 10.0. The molecule has 0 rings (SSSR count). The predicted octanol–water partition coefficient (Wildman–Crippen LogP) is 1.49. The molecule has 0 aromatic rings. The number of aliphatic carboxylic acids is 1. The highest BCUT2D eigenvalue weighted by Crippen LogP contribution is 2.06. The first kappa shape index (κ1) is 11.4. The summed E-state index contributed by atoms with van der Waals surface area (Å²) in [5, 5.41) is 11.8. The third-order valence-electron chi connectivity index (χ3n) is 1.86. The van der Waals surface area contributed by atoms with Crippen LogP contribution >= 0.6 is 0 Å². The van der Waals surface area contributed by atoms with Crippen LogP contribution in [-0.4, -0.2) is 23.7 Å². The molecule has 0 aliphatic rings. The van der Waals surface area contributed by atoms with Gasteiger partial charge in [0, 0.05) is 12.5 Å². The van der Waals surface area contributed by atoms with Crippen molar-refractivity contribution in [2.24, 2.45) is 5.92 Å². The molecule has 3 heteroatoms. The number of carboxylic acid groups (broad SMARTS) is 1. The van der Waals surface area contributed by atoms with E-state index in [4.69, 9.17) is 5.11 Å². The molecule has 12 heavy (non-hydrogen) atoms. The minimum Gasteiger partial charge on any atom is -0.481 e. The maximum absolute atomic E-state index is 10.4. The van der Waals surface area contributed by atoms with E-state index in [2.05, 4.69) is 19.2 Å². The third kappa shape index (κ3) is 6.16. The van der Waals surface area contributed by atoms with Gasteiger partial charge in [0.05, 0.1) is 0 Å². The maximum Gasteiger partial charge on any atom is 0.303 e. The largest absolute Gasteiger partial charge is 0.481 e. The van der Waals surface area contributed by atoms with Crippen molar-refractivity contribution in [1.82, 2.24) is 5.32 Å². The average molecular weight is 173 g/mol. The van der Waals surface area contributed by atoms with Crippen molar-refractivity contribution >= 4 is 5.97 Å². The Hall–Kier alpha value is -0.570. The summed E-state index contributed by atoms with van der Waals surface area (Å²) in [5.41, 5.74) is 0. The Balaban J connectivity index is 3.60. The number of rotatable bonds is 6. The number of carbonyl (C=O) groups is 1. The van der Waals surface area contributed by atoms with Crippen LogP contribution < -0.4 is 5.32 Å². The molecule has 0 aromatic carbocycles. The lowest BCUT2D eigenvalue weighted by Crippen LogP contribution is -2.29. The van der Waals surface area contributed by atoms with Crippen LogP contribution in [-0.2, 0) is 4.79 Å². The fourth-order valence-corrected chi connectivity index (χ4v) is 1.01. The Bertz CT molecular complexity index is 134. The van der Waals surface area contributed by atoms with Crippen molar-refractivity contribution < 1.29 is 9.90 Å². The van der Waals surface area contributed by atoms with Crippen LogP contribution in [0.4, 0.5) is 0 Å². The molecule has 1 unspecified atom stereocenters. The summed E-state index contributed by atoms with van der Waals surface area (Å²) in [5.74, 6) is -0.433. The average Bonchev–Trinajstić information content (AvgIpc) is 1.97. The second-order valence-electron chi connectivity index (χ2n) is 3.44.